The summed E-state index contributed by atoms with van der Waals surface area (Å²) in [7, 11) is 0. The second kappa shape index (κ2) is 4.97. The summed E-state index contributed by atoms with van der Waals surface area (Å²) in [5.74, 6) is -0.582. The number of carbonyl (C=O) groups excluding carboxylic acids is 1. The molecule has 0 saturated carbocycles. The van der Waals surface area contributed by atoms with Crippen LogP contribution in [0.2, 0.25) is 0 Å². The van der Waals surface area contributed by atoms with Crippen molar-refractivity contribution in [3.05, 3.63) is 39.7 Å². The van der Waals surface area contributed by atoms with Crippen molar-refractivity contribution >= 4 is 22.7 Å². The Kier molecular flexibility index (Phi) is 3.37. The second-order valence-electron chi connectivity index (χ2n) is 3.81. The molecule has 0 N–H and O–H groups in total. The molecule has 98 valence electrons. The number of nitro benzene ring substituents is 1. The molecule has 2 rings (SSSR count). The molecule has 0 aliphatic carbocycles. The van der Waals surface area contributed by atoms with Crippen molar-refractivity contribution in [3.63, 3.8) is 0 Å². The van der Waals surface area contributed by atoms with Crippen LogP contribution in [0, 0.1) is 17.0 Å². The number of hydrogen-bond donors (Lipinski definition) is 0. The Morgan fingerprint density at radius 1 is 1.37 bits per heavy atom. The van der Waals surface area contributed by atoms with Crippen molar-refractivity contribution in [2.45, 2.75) is 13.8 Å². The molecule has 0 unspecified atom stereocenters. The van der Waals surface area contributed by atoms with Crippen molar-refractivity contribution in [1.82, 2.24) is 9.97 Å². The first-order chi connectivity index (χ1) is 9.02. The number of aromatic nitrogens is 2. The molecule has 0 fully saturated rings. The standard InChI is InChI=1S/C12H11N3O4/c1-3-19-12(16)11-7(2)13-9-5-4-8(15(17)18)6-10(9)14-11/h4-6H,3H2,1-2H3. The Balaban J connectivity index is 2.58. The third kappa shape index (κ3) is 2.49. The normalized spacial score (nSPS) is 10.4. The van der Waals surface area contributed by atoms with Crippen LogP contribution in [0.1, 0.15) is 23.1 Å². The summed E-state index contributed by atoms with van der Waals surface area (Å²) in [6.45, 7) is 3.56. The van der Waals surface area contributed by atoms with Gasteiger partial charge in [0, 0.05) is 12.1 Å². The van der Waals surface area contributed by atoms with E-state index in [1.165, 1.54) is 18.2 Å². The van der Waals surface area contributed by atoms with Crippen LogP contribution in [-0.4, -0.2) is 27.5 Å². The number of benzene rings is 1. The van der Waals surface area contributed by atoms with Gasteiger partial charge in [0.1, 0.15) is 0 Å². The Hall–Kier alpha value is -2.57. The number of nitro groups is 1. The summed E-state index contributed by atoms with van der Waals surface area (Å²) in [5, 5.41) is 10.7. The molecule has 1 heterocycles. The van der Waals surface area contributed by atoms with Crippen LogP contribution < -0.4 is 0 Å². The molecule has 7 heteroatoms. The van der Waals surface area contributed by atoms with Crippen molar-refractivity contribution in [3.8, 4) is 0 Å². The minimum absolute atomic E-state index is 0.0786. The van der Waals surface area contributed by atoms with Crippen LogP contribution in [0.4, 0.5) is 5.69 Å². The number of non-ortho nitro benzene ring substituents is 1. The molecular formula is C12H11N3O4. The number of aryl methyl sites for hydroxylation is 1. The minimum Gasteiger partial charge on any atom is -0.461 e. The van der Waals surface area contributed by atoms with E-state index >= 15 is 0 Å². The van der Waals surface area contributed by atoms with Crippen molar-refractivity contribution in [2.75, 3.05) is 6.61 Å². The maximum Gasteiger partial charge on any atom is 0.358 e. The van der Waals surface area contributed by atoms with Gasteiger partial charge in [-0.3, -0.25) is 10.1 Å². The van der Waals surface area contributed by atoms with Crippen LogP contribution >= 0.6 is 0 Å². The maximum atomic E-state index is 11.7. The molecule has 19 heavy (non-hydrogen) atoms. The Labute approximate surface area is 108 Å². The predicted octanol–water partition coefficient (Wildman–Crippen LogP) is 2.02. The van der Waals surface area contributed by atoms with Crippen LogP contribution in [0.25, 0.3) is 11.0 Å². The average molecular weight is 261 g/mol. The summed E-state index contributed by atoms with van der Waals surface area (Å²) in [4.78, 5) is 30.1. The molecule has 0 spiro atoms. The highest BCUT2D eigenvalue weighted by atomic mass is 16.6. The lowest BCUT2D eigenvalue weighted by Crippen LogP contribution is -2.10. The quantitative estimate of drug-likeness (QED) is 0.476. The van der Waals surface area contributed by atoms with Gasteiger partial charge in [0.15, 0.2) is 5.69 Å². The van der Waals surface area contributed by atoms with Crippen LogP contribution in [0.3, 0.4) is 0 Å². The highest BCUT2D eigenvalue weighted by Gasteiger charge is 2.16. The van der Waals surface area contributed by atoms with Gasteiger partial charge in [-0.1, -0.05) is 0 Å². The maximum absolute atomic E-state index is 11.7. The summed E-state index contributed by atoms with van der Waals surface area (Å²) in [6.07, 6.45) is 0. The summed E-state index contributed by atoms with van der Waals surface area (Å²) in [5.41, 5.74) is 1.20. The Morgan fingerprint density at radius 3 is 2.74 bits per heavy atom. The molecule has 7 nitrogen and oxygen atoms in total. The molecule has 0 bridgehead atoms. The van der Waals surface area contributed by atoms with Crippen molar-refractivity contribution in [1.29, 1.82) is 0 Å². The Morgan fingerprint density at radius 2 is 2.11 bits per heavy atom. The zero-order valence-corrected chi connectivity index (χ0v) is 10.4. The molecule has 0 aliphatic rings. The number of ether oxygens (including phenoxy) is 1. The van der Waals surface area contributed by atoms with Gasteiger partial charge >= 0.3 is 5.97 Å². The summed E-state index contributed by atoms with van der Waals surface area (Å²) >= 11 is 0. The van der Waals surface area contributed by atoms with Gasteiger partial charge in [0.2, 0.25) is 0 Å². The fraction of sp³-hybridized carbons (Fsp3) is 0.250. The lowest BCUT2D eigenvalue weighted by molar-refractivity contribution is -0.384. The first kappa shape index (κ1) is 12.9. The molecule has 0 radical (unpaired) electrons. The monoisotopic (exact) mass is 261 g/mol. The first-order valence-electron chi connectivity index (χ1n) is 5.63. The third-order valence-corrected chi connectivity index (χ3v) is 2.50. The molecule has 0 aliphatic heterocycles. The fourth-order valence-electron chi connectivity index (χ4n) is 1.64. The van der Waals surface area contributed by atoms with E-state index in [-0.39, 0.29) is 18.0 Å². The molecule has 1 aromatic heterocycles. The molecule has 0 amide bonds. The highest BCUT2D eigenvalue weighted by molar-refractivity contribution is 5.91. The average Bonchev–Trinajstić information content (AvgIpc) is 2.37. The van der Waals surface area contributed by atoms with E-state index in [9.17, 15) is 14.9 Å². The fourth-order valence-corrected chi connectivity index (χ4v) is 1.64. The van der Waals surface area contributed by atoms with Crippen LogP contribution in [-0.2, 0) is 4.74 Å². The number of nitrogens with zero attached hydrogens (tertiary/aromatic N) is 3. The van der Waals surface area contributed by atoms with E-state index in [2.05, 4.69) is 9.97 Å². The number of esters is 1. The van der Waals surface area contributed by atoms with Gasteiger partial charge in [-0.25, -0.2) is 14.8 Å². The minimum atomic E-state index is -0.582. The molecular weight excluding hydrogens is 250 g/mol. The highest BCUT2D eigenvalue weighted by Crippen LogP contribution is 2.19. The smallest absolute Gasteiger partial charge is 0.358 e. The lowest BCUT2D eigenvalue weighted by Gasteiger charge is -2.05. The zero-order valence-electron chi connectivity index (χ0n) is 10.4. The zero-order chi connectivity index (χ0) is 14.0. The topological polar surface area (TPSA) is 95.2 Å². The number of rotatable bonds is 3. The predicted molar refractivity (Wildman–Crippen MR) is 66.9 cm³/mol. The van der Waals surface area contributed by atoms with E-state index in [0.29, 0.717) is 16.7 Å². The van der Waals surface area contributed by atoms with E-state index in [0.717, 1.165) is 0 Å². The summed E-state index contributed by atoms with van der Waals surface area (Å²) in [6, 6.07) is 4.13. The first-order valence-corrected chi connectivity index (χ1v) is 5.63. The van der Waals surface area contributed by atoms with Gasteiger partial charge in [0.25, 0.3) is 5.69 Å². The number of hydrogen-bond acceptors (Lipinski definition) is 6. The largest absolute Gasteiger partial charge is 0.461 e. The molecule has 1 aromatic carbocycles. The van der Waals surface area contributed by atoms with Crippen LogP contribution in [0.5, 0.6) is 0 Å². The SMILES string of the molecule is CCOC(=O)c1nc2cc([N+](=O)[O-])ccc2nc1C. The van der Waals surface area contributed by atoms with Gasteiger partial charge in [-0.05, 0) is 19.9 Å². The van der Waals surface area contributed by atoms with Crippen molar-refractivity contribution in [2.24, 2.45) is 0 Å². The number of fused-ring (bicyclic) bond motifs is 1. The lowest BCUT2D eigenvalue weighted by atomic mass is 10.2. The summed E-state index contributed by atoms with van der Waals surface area (Å²) < 4.78 is 4.86. The van der Waals surface area contributed by atoms with E-state index in [1.807, 2.05) is 0 Å². The van der Waals surface area contributed by atoms with E-state index in [4.69, 9.17) is 4.74 Å². The third-order valence-electron chi connectivity index (χ3n) is 2.50. The van der Waals surface area contributed by atoms with E-state index < -0.39 is 10.9 Å². The molecule has 0 atom stereocenters. The second-order valence-corrected chi connectivity index (χ2v) is 3.81. The van der Waals surface area contributed by atoms with Crippen LogP contribution in [0.15, 0.2) is 18.2 Å². The number of carbonyl (C=O) groups is 1. The van der Waals surface area contributed by atoms with Gasteiger partial charge < -0.3 is 4.74 Å². The Bertz CT molecular complexity index is 669. The molecule has 2 aromatic rings. The van der Waals surface area contributed by atoms with Crippen molar-refractivity contribution < 1.29 is 14.5 Å². The van der Waals surface area contributed by atoms with Gasteiger partial charge in [0.05, 0.1) is 28.3 Å². The van der Waals surface area contributed by atoms with Gasteiger partial charge in [-0.15, -0.1) is 0 Å². The molecule has 0 saturated heterocycles. The van der Waals surface area contributed by atoms with Gasteiger partial charge in [-0.2, -0.15) is 0 Å². The van der Waals surface area contributed by atoms with E-state index in [1.54, 1.807) is 13.8 Å².